The summed E-state index contributed by atoms with van der Waals surface area (Å²) in [5.41, 5.74) is 1.88. The van der Waals surface area contributed by atoms with Gasteiger partial charge in [0.15, 0.2) is 0 Å². The van der Waals surface area contributed by atoms with Crippen LogP contribution >= 0.6 is 11.6 Å². The summed E-state index contributed by atoms with van der Waals surface area (Å²) in [4.78, 5) is 26.3. The summed E-state index contributed by atoms with van der Waals surface area (Å²) in [6, 6.07) is 10.7. The monoisotopic (exact) mass is 536 g/mol. The van der Waals surface area contributed by atoms with E-state index >= 15 is 0 Å². The Bertz CT molecular complexity index is 1220. The van der Waals surface area contributed by atoms with Gasteiger partial charge in [0.25, 0.3) is 0 Å². The average molecular weight is 537 g/mol. The van der Waals surface area contributed by atoms with Gasteiger partial charge in [0.2, 0.25) is 17.8 Å². The van der Waals surface area contributed by atoms with Crippen LogP contribution in [0.1, 0.15) is 25.3 Å². The highest BCUT2D eigenvalue weighted by Crippen LogP contribution is 2.28. The number of rotatable bonds is 8. The summed E-state index contributed by atoms with van der Waals surface area (Å²) >= 11 is 6.12. The molecule has 1 fully saturated rings. The summed E-state index contributed by atoms with van der Waals surface area (Å²) in [5, 5.41) is 6.17. The van der Waals surface area contributed by atoms with Crippen molar-refractivity contribution in [2.24, 2.45) is 0 Å². The number of carbonyl (C=O) groups excluding carboxylic acids is 1. The third kappa shape index (κ3) is 7.92. The molecular formula is C24H24ClF3N6O3. The first-order valence-corrected chi connectivity index (χ1v) is 11.8. The third-order valence-electron chi connectivity index (χ3n) is 5.46. The van der Waals surface area contributed by atoms with E-state index in [1.807, 2.05) is 4.90 Å². The lowest BCUT2D eigenvalue weighted by Gasteiger charge is -2.32. The molecule has 0 atom stereocenters. The molecule has 2 N–H and O–H groups in total. The molecule has 196 valence electrons. The summed E-state index contributed by atoms with van der Waals surface area (Å²) in [6.45, 7) is 3.02. The van der Waals surface area contributed by atoms with Crippen LogP contribution in [0.3, 0.4) is 0 Å². The Labute approximate surface area is 216 Å². The normalized spacial score (nSPS) is 14.4. The second-order valence-corrected chi connectivity index (χ2v) is 8.71. The van der Waals surface area contributed by atoms with E-state index in [0.717, 1.165) is 18.4 Å². The highest BCUT2D eigenvalue weighted by molar-refractivity contribution is 6.33. The van der Waals surface area contributed by atoms with Gasteiger partial charge in [0.1, 0.15) is 12.1 Å². The summed E-state index contributed by atoms with van der Waals surface area (Å²) in [5.74, 6) is 0.368. The molecule has 1 aliphatic rings. The average Bonchev–Trinajstić information content (AvgIpc) is 2.85. The molecule has 13 heteroatoms. The number of carbonyl (C=O) groups is 1. The zero-order valence-corrected chi connectivity index (χ0v) is 20.5. The number of alkyl halides is 3. The highest BCUT2D eigenvalue weighted by atomic mass is 35.5. The van der Waals surface area contributed by atoms with Crippen LogP contribution in [0.4, 0.5) is 36.4 Å². The number of anilines is 4. The van der Waals surface area contributed by atoms with Gasteiger partial charge in [-0.2, -0.15) is 4.98 Å². The number of hydrogen-bond donors (Lipinski definition) is 2. The molecule has 0 aliphatic carbocycles. The van der Waals surface area contributed by atoms with Gasteiger partial charge in [-0.15, -0.1) is 13.2 Å². The van der Waals surface area contributed by atoms with Crippen LogP contribution in [0, 0.1) is 0 Å². The Morgan fingerprint density at radius 2 is 1.86 bits per heavy atom. The second-order valence-electron chi connectivity index (χ2n) is 8.30. The molecule has 1 amide bonds. The maximum atomic E-state index is 12.3. The minimum atomic E-state index is -4.71. The number of nitrogens with zero attached hydrogens (tertiary/aromatic N) is 4. The van der Waals surface area contributed by atoms with E-state index in [2.05, 4.69) is 30.3 Å². The first kappa shape index (κ1) is 26.4. The summed E-state index contributed by atoms with van der Waals surface area (Å²) in [6.07, 6.45) is -1.82. The highest BCUT2D eigenvalue weighted by Gasteiger charge is 2.31. The third-order valence-corrected chi connectivity index (χ3v) is 5.79. The molecule has 0 radical (unpaired) electrons. The molecule has 0 unspecified atom stereocenters. The molecule has 0 bridgehead atoms. The molecular weight excluding hydrogens is 513 g/mol. The minimum Gasteiger partial charge on any atom is -0.406 e. The van der Waals surface area contributed by atoms with Crippen LogP contribution < -0.4 is 20.3 Å². The largest absolute Gasteiger partial charge is 0.573 e. The number of amides is 1. The van der Waals surface area contributed by atoms with Crippen molar-refractivity contribution in [3.63, 3.8) is 0 Å². The minimum absolute atomic E-state index is 0.00282. The van der Waals surface area contributed by atoms with Crippen molar-refractivity contribution < 1.29 is 27.4 Å². The molecule has 2 aromatic carbocycles. The van der Waals surface area contributed by atoms with Crippen molar-refractivity contribution in [1.29, 1.82) is 0 Å². The molecule has 0 saturated carbocycles. The maximum Gasteiger partial charge on any atom is 0.573 e. The SMILES string of the molecule is CC(=O)Nc1cc(Nc2ncnc(N3CCC(OCc4ccc(OC(F)(F)F)cc4)CC3)n2)ccc1Cl. The van der Waals surface area contributed by atoms with E-state index in [1.54, 1.807) is 30.3 Å². The van der Waals surface area contributed by atoms with Crippen LogP contribution in [-0.2, 0) is 16.1 Å². The molecule has 9 nitrogen and oxygen atoms in total. The Morgan fingerprint density at radius 3 is 2.54 bits per heavy atom. The predicted octanol–water partition coefficient (Wildman–Crippen LogP) is 5.31. The summed E-state index contributed by atoms with van der Waals surface area (Å²) in [7, 11) is 0. The summed E-state index contributed by atoms with van der Waals surface area (Å²) < 4.78 is 46.7. The van der Waals surface area contributed by atoms with Gasteiger partial charge < -0.3 is 25.0 Å². The molecule has 1 aromatic heterocycles. The molecule has 3 aromatic rings. The molecule has 4 rings (SSSR count). The van der Waals surface area contributed by atoms with Crippen molar-refractivity contribution >= 4 is 40.8 Å². The van der Waals surface area contributed by atoms with Gasteiger partial charge in [-0.1, -0.05) is 23.7 Å². The van der Waals surface area contributed by atoms with Crippen LogP contribution in [0.2, 0.25) is 5.02 Å². The second kappa shape index (κ2) is 11.6. The Kier molecular flexibility index (Phi) is 8.29. The van der Waals surface area contributed by atoms with Gasteiger partial charge >= 0.3 is 6.36 Å². The molecule has 1 aliphatic heterocycles. The maximum absolute atomic E-state index is 12.3. The number of ether oxygens (including phenoxy) is 2. The van der Waals surface area contributed by atoms with Crippen molar-refractivity contribution in [2.75, 3.05) is 28.6 Å². The number of nitrogens with one attached hydrogen (secondary N) is 2. The van der Waals surface area contributed by atoms with E-state index in [4.69, 9.17) is 16.3 Å². The van der Waals surface area contributed by atoms with Gasteiger partial charge in [-0.3, -0.25) is 4.79 Å². The number of hydrogen-bond acceptors (Lipinski definition) is 8. The number of piperidine rings is 1. The van der Waals surface area contributed by atoms with Crippen molar-refractivity contribution in [3.05, 3.63) is 59.4 Å². The fraction of sp³-hybridized carbons (Fsp3) is 0.333. The predicted molar refractivity (Wildman–Crippen MR) is 132 cm³/mol. The lowest BCUT2D eigenvalue weighted by Crippen LogP contribution is -2.38. The molecule has 37 heavy (non-hydrogen) atoms. The molecule has 2 heterocycles. The lowest BCUT2D eigenvalue weighted by atomic mass is 10.1. The van der Waals surface area contributed by atoms with Crippen LogP contribution in [0.5, 0.6) is 5.75 Å². The first-order chi connectivity index (χ1) is 17.6. The van der Waals surface area contributed by atoms with Gasteiger partial charge in [-0.25, -0.2) is 9.97 Å². The van der Waals surface area contributed by atoms with Gasteiger partial charge in [0, 0.05) is 25.7 Å². The first-order valence-electron chi connectivity index (χ1n) is 11.4. The Morgan fingerprint density at radius 1 is 1.14 bits per heavy atom. The molecule has 1 saturated heterocycles. The van der Waals surface area contributed by atoms with Crippen LogP contribution in [0.15, 0.2) is 48.8 Å². The van der Waals surface area contributed by atoms with E-state index in [9.17, 15) is 18.0 Å². The fourth-order valence-corrected chi connectivity index (χ4v) is 3.91. The number of aromatic nitrogens is 3. The van der Waals surface area contributed by atoms with Gasteiger partial charge in [0.05, 0.1) is 23.4 Å². The Hall–Kier alpha value is -3.64. The topological polar surface area (TPSA) is 102 Å². The van der Waals surface area contributed by atoms with Crippen molar-refractivity contribution in [1.82, 2.24) is 15.0 Å². The molecule has 0 spiro atoms. The zero-order valence-electron chi connectivity index (χ0n) is 19.8. The van der Waals surface area contributed by atoms with E-state index < -0.39 is 6.36 Å². The van der Waals surface area contributed by atoms with Gasteiger partial charge in [-0.05, 0) is 48.7 Å². The van der Waals surface area contributed by atoms with E-state index in [-0.39, 0.29) is 17.8 Å². The number of benzene rings is 2. The standard InChI is InChI=1S/C24H24ClF3N6O3/c1-15(35)31-21-12-17(4-7-20(21)25)32-22-29-14-30-23(33-22)34-10-8-18(9-11-34)36-13-16-2-5-19(6-3-16)37-24(26,27)28/h2-7,12,14,18H,8-11,13H2,1H3,(H,31,35)(H,29,30,32,33). The smallest absolute Gasteiger partial charge is 0.406 e. The quantitative estimate of drug-likeness (QED) is 0.399. The Balaban J connectivity index is 1.28. The van der Waals surface area contributed by atoms with Crippen molar-refractivity contribution in [3.8, 4) is 5.75 Å². The van der Waals surface area contributed by atoms with E-state index in [0.29, 0.717) is 48.0 Å². The lowest BCUT2D eigenvalue weighted by molar-refractivity contribution is -0.274. The van der Waals surface area contributed by atoms with Crippen LogP contribution in [-0.4, -0.2) is 46.4 Å². The van der Waals surface area contributed by atoms with Crippen LogP contribution in [0.25, 0.3) is 0 Å². The van der Waals surface area contributed by atoms with E-state index in [1.165, 1.54) is 25.4 Å². The van der Waals surface area contributed by atoms with Crippen molar-refractivity contribution in [2.45, 2.75) is 38.8 Å². The zero-order chi connectivity index (χ0) is 26.4. The fourth-order valence-electron chi connectivity index (χ4n) is 3.74. The number of halogens is 4.